The SMILES string of the molecule is N#Cc1ccc(NS(=O)(=O)c2c[nH]c3cc(Cl)ccc23)cc1Cl. The molecule has 0 fully saturated rings. The van der Waals surface area contributed by atoms with Crippen LogP contribution in [0.15, 0.2) is 47.5 Å². The number of aromatic nitrogens is 1. The van der Waals surface area contributed by atoms with E-state index in [-0.39, 0.29) is 21.2 Å². The van der Waals surface area contributed by atoms with E-state index in [0.29, 0.717) is 15.9 Å². The summed E-state index contributed by atoms with van der Waals surface area (Å²) in [7, 11) is -3.81. The lowest BCUT2D eigenvalue weighted by molar-refractivity contribution is 0.602. The fraction of sp³-hybridized carbons (Fsp3) is 0. The van der Waals surface area contributed by atoms with Crippen molar-refractivity contribution < 1.29 is 8.42 Å². The Bertz CT molecular complexity index is 1050. The van der Waals surface area contributed by atoms with Crippen LogP contribution >= 0.6 is 23.2 Å². The smallest absolute Gasteiger partial charge is 0.264 e. The van der Waals surface area contributed by atoms with Crippen molar-refractivity contribution >= 4 is 49.8 Å². The number of benzene rings is 2. The van der Waals surface area contributed by atoms with E-state index in [1.807, 2.05) is 6.07 Å². The van der Waals surface area contributed by atoms with E-state index in [0.717, 1.165) is 0 Å². The van der Waals surface area contributed by atoms with Crippen LogP contribution in [-0.4, -0.2) is 13.4 Å². The van der Waals surface area contributed by atoms with Gasteiger partial charge in [0.1, 0.15) is 11.0 Å². The van der Waals surface area contributed by atoms with Gasteiger partial charge in [-0.25, -0.2) is 8.42 Å². The van der Waals surface area contributed by atoms with Crippen molar-refractivity contribution in [2.45, 2.75) is 4.90 Å². The molecule has 3 rings (SSSR count). The number of aromatic amines is 1. The molecule has 0 aliphatic heterocycles. The second-order valence-corrected chi connectivity index (χ2v) is 7.25. The van der Waals surface area contributed by atoms with Gasteiger partial charge >= 0.3 is 0 Å². The van der Waals surface area contributed by atoms with Gasteiger partial charge in [-0.15, -0.1) is 0 Å². The Morgan fingerprint density at radius 1 is 1.13 bits per heavy atom. The molecular weight excluding hydrogens is 357 g/mol. The lowest BCUT2D eigenvalue weighted by Crippen LogP contribution is -2.12. The molecule has 5 nitrogen and oxygen atoms in total. The monoisotopic (exact) mass is 365 g/mol. The minimum absolute atomic E-state index is 0.102. The third-order valence-electron chi connectivity index (χ3n) is 3.24. The highest BCUT2D eigenvalue weighted by atomic mass is 35.5. The quantitative estimate of drug-likeness (QED) is 0.730. The lowest BCUT2D eigenvalue weighted by Gasteiger charge is -2.08. The van der Waals surface area contributed by atoms with Crippen LogP contribution < -0.4 is 4.72 Å². The summed E-state index contributed by atoms with van der Waals surface area (Å²) in [4.78, 5) is 2.98. The summed E-state index contributed by atoms with van der Waals surface area (Å²) < 4.78 is 27.6. The van der Waals surface area contributed by atoms with Crippen molar-refractivity contribution in [3.8, 4) is 6.07 Å². The Labute approximate surface area is 142 Å². The number of nitrogens with one attached hydrogen (secondary N) is 2. The largest absolute Gasteiger partial charge is 0.360 e. The van der Waals surface area contributed by atoms with Crippen LogP contribution in [0.4, 0.5) is 5.69 Å². The van der Waals surface area contributed by atoms with Crippen molar-refractivity contribution in [2.75, 3.05) is 4.72 Å². The van der Waals surface area contributed by atoms with Gasteiger partial charge in [0.2, 0.25) is 0 Å². The summed E-state index contributed by atoms with van der Waals surface area (Å²) in [6.45, 7) is 0. The maximum Gasteiger partial charge on any atom is 0.264 e. The Morgan fingerprint density at radius 3 is 2.61 bits per heavy atom. The van der Waals surface area contributed by atoms with E-state index in [9.17, 15) is 8.42 Å². The van der Waals surface area contributed by atoms with Crippen LogP contribution in [0, 0.1) is 11.3 Å². The highest BCUT2D eigenvalue weighted by Gasteiger charge is 2.19. The molecule has 1 aromatic heterocycles. The third-order valence-corrected chi connectivity index (χ3v) is 5.21. The van der Waals surface area contributed by atoms with Gasteiger partial charge < -0.3 is 4.98 Å². The molecular formula is C15H9Cl2N3O2S. The number of nitrogens with zero attached hydrogens (tertiary/aromatic N) is 1. The Hall–Kier alpha value is -2.20. The lowest BCUT2D eigenvalue weighted by atomic mass is 10.2. The fourth-order valence-electron chi connectivity index (χ4n) is 2.17. The molecule has 0 saturated heterocycles. The number of sulfonamides is 1. The van der Waals surface area contributed by atoms with E-state index in [1.165, 1.54) is 24.4 Å². The molecule has 0 saturated carbocycles. The first-order valence-electron chi connectivity index (χ1n) is 6.40. The third kappa shape index (κ3) is 2.99. The first-order chi connectivity index (χ1) is 10.9. The van der Waals surface area contributed by atoms with Crippen LogP contribution in [0.25, 0.3) is 10.9 Å². The van der Waals surface area contributed by atoms with Gasteiger partial charge in [-0.3, -0.25) is 4.72 Å². The summed E-state index contributed by atoms with van der Waals surface area (Å²) in [5.74, 6) is 0. The van der Waals surface area contributed by atoms with E-state index in [1.54, 1.807) is 18.2 Å². The van der Waals surface area contributed by atoms with Gasteiger partial charge in [-0.2, -0.15) is 5.26 Å². The predicted molar refractivity (Wildman–Crippen MR) is 90.3 cm³/mol. The minimum atomic E-state index is -3.81. The van der Waals surface area contributed by atoms with Crippen molar-refractivity contribution in [3.05, 3.63) is 58.2 Å². The molecule has 0 aliphatic rings. The fourth-order valence-corrected chi connectivity index (χ4v) is 3.80. The van der Waals surface area contributed by atoms with Gasteiger partial charge in [0.05, 0.1) is 16.3 Å². The Kier molecular flexibility index (Phi) is 3.94. The summed E-state index contributed by atoms with van der Waals surface area (Å²) >= 11 is 11.8. The number of H-pyrrole nitrogens is 1. The first-order valence-corrected chi connectivity index (χ1v) is 8.64. The molecule has 0 atom stereocenters. The Balaban J connectivity index is 2.01. The Morgan fingerprint density at radius 2 is 1.91 bits per heavy atom. The standard InChI is InChI=1S/C15H9Cl2N3O2S/c16-10-2-4-12-14(5-10)19-8-15(12)23(21,22)20-11-3-1-9(7-18)13(17)6-11/h1-6,8,19-20H. The molecule has 0 spiro atoms. The minimum Gasteiger partial charge on any atom is -0.360 e. The van der Waals surface area contributed by atoms with Crippen molar-refractivity contribution in [1.29, 1.82) is 5.26 Å². The molecule has 1 heterocycles. The van der Waals surface area contributed by atoms with Crippen LogP contribution in [0.5, 0.6) is 0 Å². The molecule has 0 bridgehead atoms. The van der Waals surface area contributed by atoms with Crippen LogP contribution in [-0.2, 0) is 10.0 Å². The summed E-state index contributed by atoms with van der Waals surface area (Å²) in [6.07, 6.45) is 1.40. The summed E-state index contributed by atoms with van der Waals surface area (Å²) in [5.41, 5.74) is 1.17. The number of fused-ring (bicyclic) bond motifs is 1. The number of hydrogen-bond donors (Lipinski definition) is 2. The number of rotatable bonds is 3. The first kappa shape index (κ1) is 15.7. The van der Waals surface area contributed by atoms with Gasteiger partial charge in [0.15, 0.2) is 0 Å². The second-order valence-electron chi connectivity index (χ2n) is 4.75. The average Bonchev–Trinajstić information content (AvgIpc) is 2.90. The number of nitriles is 1. The maximum atomic E-state index is 12.6. The van der Waals surface area contributed by atoms with Crippen molar-refractivity contribution in [3.63, 3.8) is 0 Å². The van der Waals surface area contributed by atoms with Gasteiger partial charge in [0, 0.05) is 22.1 Å². The van der Waals surface area contributed by atoms with E-state index < -0.39 is 10.0 Å². The molecule has 0 unspecified atom stereocenters. The zero-order valence-electron chi connectivity index (χ0n) is 11.5. The highest BCUT2D eigenvalue weighted by Crippen LogP contribution is 2.28. The van der Waals surface area contributed by atoms with E-state index in [4.69, 9.17) is 28.5 Å². The number of anilines is 1. The molecule has 3 aromatic rings. The van der Waals surface area contributed by atoms with Crippen LogP contribution in [0.1, 0.15) is 5.56 Å². The second kappa shape index (κ2) is 5.78. The summed E-state index contributed by atoms with van der Waals surface area (Å²) in [6, 6.07) is 11.1. The zero-order valence-corrected chi connectivity index (χ0v) is 13.8. The topological polar surface area (TPSA) is 85.8 Å². The molecule has 23 heavy (non-hydrogen) atoms. The zero-order chi connectivity index (χ0) is 16.6. The average molecular weight is 366 g/mol. The maximum absolute atomic E-state index is 12.6. The predicted octanol–water partition coefficient (Wildman–Crippen LogP) is 4.15. The molecule has 0 aliphatic carbocycles. The number of hydrogen-bond acceptors (Lipinski definition) is 3. The number of halogens is 2. The molecule has 116 valence electrons. The van der Waals surface area contributed by atoms with Crippen LogP contribution in [0.3, 0.4) is 0 Å². The molecule has 8 heteroatoms. The normalized spacial score (nSPS) is 11.3. The van der Waals surface area contributed by atoms with E-state index >= 15 is 0 Å². The molecule has 0 amide bonds. The highest BCUT2D eigenvalue weighted by molar-refractivity contribution is 7.93. The summed E-state index contributed by atoms with van der Waals surface area (Å²) in [5, 5.41) is 10.1. The van der Waals surface area contributed by atoms with Crippen molar-refractivity contribution in [1.82, 2.24) is 4.98 Å². The molecule has 0 radical (unpaired) electrons. The molecule has 2 aromatic carbocycles. The van der Waals surface area contributed by atoms with Crippen molar-refractivity contribution in [2.24, 2.45) is 0 Å². The molecule has 2 N–H and O–H groups in total. The van der Waals surface area contributed by atoms with Gasteiger partial charge in [-0.1, -0.05) is 23.2 Å². The van der Waals surface area contributed by atoms with Gasteiger partial charge in [0.25, 0.3) is 10.0 Å². The van der Waals surface area contributed by atoms with Crippen LogP contribution in [0.2, 0.25) is 10.0 Å². The van der Waals surface area contributed by atoms with Gasteiger partial charge in [-0.05, 0) is 36.4 Å². The van der Waals surface area contributed by atoms with E-state index in [2.05, 4.69) is 9.71 Å².